The quantitative estimate of drug-likeness (QED) is 0.654. The first kappa shape index (κ1) is 15.6. The molecule has 1 aliphatic heterocycles. The van der Waals surface area contributed by atoms with Crippen LogP contribution >= 0.6 is 15.9 Å². The Hall–Kier alpha value is -1.82. The Morgan fingerprint density at radius 3 is 2.76 bits per heavy atom. The molecule has 21 heavy (non-hydrogen) atoms. The number of ether oxygens (including phenoxy) is 1. The minimum absolute atomic E-state index is 0.271. The zero-order valence-corrected chi connectivity index (χ0v) is 13.6. The summed E-state index contributed by atoms with van der Waals surface area (Å²) in [6.07, 6.45) is 2.37. The van der Waals surface area contributed by atoms with E-state index in [2.05, 4.69) is 21.2 Å². The Morgan fingerprint density at radius 1 is 1.33 bits per heavy atom. The van der Waals surface area contributed by atoms with Gasteiger partial charge in [0, 0.05) is 16.6 Å². The van der Waals surface area contributed by atoms with Gasteiger partial charge in [-0.3, -0.25) is 9.69 Å². The summed E-state index contributed by atoms with van der Waals surface area (Å²) in [4.78, 5) is 25.2. The maximum atomic E-state index is 12.2. The van der Waals surface area contributed by atoms with E-state index in [1.165, 1.54) is 4.90 Å². The molecular weight excluding hydrogens is 336 g/mol. The summed E-state index contributed by atoms with van der Waals surface area (Å²) in [5.41, 5.74) is 1.01. The average Bonchev–Trinajstić information content (AvgIpc) is 2.70. The Balaban J connectivity index is 2.34. The number of rotatable bonds is 5. The normalized spacial score (nSPS) is 16.5. The summed E-state index contributed by atoms with van der Waals surface area (Å²) in [5, 5.41) is 2.60. The van der Waals surface area contributed by atoms with Gasteiger partial charge >= 0.3 is 6.03 Å². The molecular formula is C15H17BrN2O3. The van der Waals surface area contributed by atoms with Crippen molar-refractivity contribution in [3.05, 3.63) is 33.9 Å². The van der Waals surface area contributed by atoms with Crippen molar-refractivity contribution < 1.29 is 14.3 Å². The van der Waals surface area contributed by atoms with Gasteiger partial charge in [-0.15, -0.1) is 0 Å². The van der Waals surface area contributed by atoms with Crippen LogP contribution in [0.3, 0.4) is 0 Å². The highest BCUT2D eigenvalue weighted by molar-refractivity contribution is 9.10. The predicted octanol–water partition coefficient (Wildman–Crippen LogP) is 3.15. The molecule has 1 N–H and O–H groups in total. The molecule has 0 aromatic heterocycles. The SMILES string of the molecule is CCCN1C(=O)N/C(=C/c2cc(Br)ccc2OCC)C1=O. The molecule has 0 aliphatic carbocycles. The number of hydrogen-bond donors (Lipinski definition) is 1. The highest BCUT2D eigenvalue weighted by Crippen LogP contribution is 2.26. The number of urea groups is 1. The molecule has 1 saturated heterocycles. The fraction of sp³-hybridized carbons (Fsp3) is 0.333. The van der Waals surface area contributed by atoms with Crippen LogP contribution in [0, 0.1) is 0 Å². The molecule has 0 atom stereocenters. The minimum atomic E-state index is -0.374. The molecule has 1 aromatic rings. The fourth-order valence-electron chi connectivity index (χ4n) is 2.07. The fourth-order valence-corrected chi connectivity index (χ4v) is 2.45. The number of nitrogens with zero attached hydrogens (tertiary/aromatic N) is 1. The van der Waals surface area contributed by atoms with Crippen LogP contribution in [0.4, 0.5) is 4.79 Å². The first-order chi connectivity index (χ1) is 10.1. The van der Waals surface area contributed by atoms with Crippen molar-refractivity contribution in [1.29, 1.82) is 0 Å². The van der Waals surface area contributed by atoms with Gasteiger partial charge in [0.25, 0.3) is 5.91 Å². The largest absolute Gasteiger partial charge is 0.493 e. The minimum Gasteiger partial charge on any atom is -0.493 e. The van der Waals surface area contributed by atoms with Crippen LogP contribution in [0.15, 0.2) is 28.4 Å². The topological polar surface area (TPSA) is 58.6 Å². The van der Waals surface area contributed by atoms with Crippen molar-refractivity contribution in [1.82, 2.24) is 10.2 Å². The average molecular weight is 353 g/mol. The molecule has 3 amide bonds. The smallest absolute Gasteiger partial charge is 0.329 e. The monoisotopic (exact) mass is 352 g/mol. The van der Waals surface area contributed by atoms with Crippen molar-refractivity contribution in [3.63, 3.8) is 0 Å². The third-order valence-corrected chi connectivity index (χ3v) is 3.47. The maximum absolute atomic E-state index is 12.2. The van der Waals surface area contributed by atoms with Crippen molar-refractivity contribution in [2.45, 2.75) is 20.3 Å². The highest BCUT2D eigenvalue weighted by atomic mass is 79.9. The number of halogens is 1. The van der Waals surface area contributed by atoms with E-state index in [-0.39, 0.29) is 17.6 Å². The van der Waals surface area contributed by atoms with Gasteiger partial charge in [0.1, 0.15) is 11.4 Å². The second-order valence-corrected chi connectivity index (χ2v) is 5.48. The number of hydrogen-bond acceptors (Lipinski definition) is 3. The molecule has 0 radical (unpaired) electrons. The first-order valence-corrected chi connectivity index (χ1v) is 7.63. The van der Waals surface area contributed by atoms with Gasteiger partial charge in [-0.1, -0.05) is 22.9 Å². The van der Waals surface area contributed by atoms with Gasteiger partial charge in [-0.05, 0) is 37.6 Å². The summed E-state index contributed by atoms with van der Waals surface area (Å²) in [6, 6.07) is 5.16. The molecule has 1 heterocycles. The van der Waals surface area contributed by atoms with Crippen LogP contribution < -0.4 is 10.1 Å². The van der Waals surface area contributed by atoms with E-state index < -0.39 is 0 Å². The third-order valence-electron chi connectivity index (χ3n) is 2.98. The second-order valence-electron chi connectivity index (χ2n) is 4.56. The van der Waals surface area contributed by atoms with E-state index in [1.807, 2.05) is 32.0 Å². The maximum Gasteiger partial charge on any atom is 0.329 e. The lowest BCUT2D eigenvalue weighted by Crippen LogP contribution is -2.31. The summed E-state index contributed by atoms with van der Waals surface area (Å²) in [5.74, 6) is 0.369. The Kier molecular flexibility index (Phi) is 5.01. The lowest BCUT2D eigenvalue weighted by molar-refractivity contribution is -0.122. The number of carbonyl (C=O) groups excluding carboxylic acids is 2. The van der Waals surface area contributed by atoms with Gasteiger partial charge in [0.15, 0.2) is 0 Å². The van der Waals surface area contributed by atoms with Crippen LogP contribution in [0.1, 0.15) is 25.8 Å². The van der Waals surface area contributed by atoms with Crippen LogP contribution in [0.5, 0.6) is 5.75 Å². The van der Waals surface area contributed by atoms with Gasteiger partial charge in [-0.2, -0.15) is 0 Å². The second kappa shape index (κ2) is 6.76. The molecule has 6 heteroatoms. The summed E-state index contributed by atoms with van der Waals surface area (Å²) < 4.78 is 6.41. The van der Waals surface area contributed by atoms with Gasteiger partial charge in [0.05, 0.1) is 6.61 Å². The standard InChI is InChI=1S/C15H17BrN2O3/c1-3-7-18-14(19)12(17-15(18)20)9-10-8-11(16)5-6-13(10)21-4-2/h5-6,8-9H,3-4,7H2,1-2H3,(H,17,20)/b12-9+. The van der Waals surface area contributed by atoms with Crippen LogP contribution in [-0.4, -0.2) is 30.0 Å². The summed E-state index contributed by atoms with van der Waals surface area (Å²) in [7, 11) is 0. The number of imide groups is 1. The van der Waals surface area contributed by atoms with Crippen LogP contribution in [-0.2, 0) is 4.79 Å². The molecule has 1 fully saturated rings. The van der Waals surface area contributed by atoms with E-state index in [0.29, 0.717) is 18.9 Å². The van der Waals surface area contributed by atoms with Crippen LogP contribution in [0.2, 0.25) is 0 Å². The molecule has 1 aliphatic rings. The summed E-state index contributed by atoms with van der Waals surface area (Å²) >= 11 is 3.39. The molecule has 112 valence electrons. The van der Waals surface area contributed by atoms with Gasteiger partial charge in [0.2, 0.25) is 0 Å². The Bertz CT molecular complexity index is 599. The predicted molar refractivity (Wildman–Crippen MR) is 83.8 cm³/mol. The van der Waals surface area contributed by atoms with Crippen molar-refractivity contribution >= 4 is 33.9 Å². The zero-order chi connectivity index (χ0) is 15.4. The highest BCUT2D eigenvalue weighted by Gasteiger charge is 2.32. The van der Waals surface area contributed by atoms with Gasteiger partial charge < -0.3 is 10.1 Å². The van der Waals surface area contributed by atoms with Crippen molar-refractivity contribution in [2.75, 3.05) is 13.2 Å². The van der Waals surface area contributed by atoms with E-state index in [9.17, 15) is 9.59 Å². The number of benzene rings is 1. The van der Waals surface area contributed by atoms with Crippen molar-refractivity contribution in [2.24, 2.45) is 0 Å². The molecule has 2 rings (SSSR count). The zero-order valence-electron chi connectivity index (χ0n) is 12.0. The molecule has 0 unspecified atom stereocenters. The molecule has 1 aromatic carbocycles. The summed E-state index contributed by atoms with van der Waals surface area (Å²) in [6.45, 7) is 4.76. The van der Waals surface area contributed by atoms with Crippen molar-refractivity contribution in [3.8, 4) is 5.75 Å². The van der Waals surface area contributed by atoms with E-state index in [0.717, 1.165) is 16.5 Å². The lowest BCUT2D eigenvalue weighted by atomic mass is 10.1. The number of amides is 3. The molecule has 0 bridgehead atoms. The van der Waals surface area contributed by atoms with E-state index >= 15 is 0 Å². The Labute approximate surface area is 132 Å². The molecule has 0 saturated carbocycles. The molecule has 5 nitrogen and oxygen atoms in total. The van der Waals surface area contributed by atoms with E-state index in [4.69, 9.17) is 4.74 Å². The van der Waals surface area contributed by atoms with Crippen LogP contribution in [0.25, 0.3) is 6.08 Å². The number of nitrogens with one attached hydrogen (secondary N) is 1. The molecule has 0 spiro atoms. The van der Waals surface area contributed by atoms with E-state index in [1.54, 1.807) is 6.08 Å². The number of carbonyl (C=O) groups is 2. The first-order valence-electron chi connectivity index (χ1n) is 6.83. The third kappa shape index (κ3) is 3.44. The van der Waals surface area contributed by atoms with Gasteiger partial charge in [-0.25, -0.2) is 4.79 Å². The Morgan fingerprint density at radius 2 is 2.10 bits per heavy atom. The lowest BCUT2D eigenvalue weighted by Gasteiger charge is -2.09.